The van der Waals surface area contributed by atoms with Crippen LogP contribution in [0.25, 0.3) is 0 Å². The van der Waals surface area contributed by atoms with Gasteiger partial charge in [0.2, 0.25) is 0 Å². The Morgan fingerprint density at radius 1 is 0.545 bits per heavy atom. The van der Waals surface area contributed by atoms with E-state index >= 15 is 0 Å². The van der Waals surface area contributed by atoms with Crippen LogP contribution in [0.5, 0.6) is 0 Å². The zero-order valence-corrected chi connectivity index (χ0v) is 7.26. The maximum absolute atomic E-state index is 1.62. The average molecular weight is 150 g/mol. The second-order valence-electron chi connectivity index (χ2n) is 5.02. The van der Waals surface area contributed by atoms with Crippen molar-refractivity contribution in [1.82, 2.24) is 0 Å². The van der Waals surface area contributed by atoms with Gasteiger partial charge in [-0.1, -0.05) is 19.3 Å². The van der Waals surface area contributed by atoms with Crippen LogP contribution in [0.4, 0.5) is 0 Å². The molecule has 0 aromatic rings. The molecule has 11 heavy (non-hydrogen) atoms. The zero-order chi connectivity index (χ0) is 7.26. The van der Waals surface area contributed by atoms with Gasteiger partial charge >= 0.3 is 0 Å². The molecule has 0 saturated heterocycles. The van der Waals surface area contributed by atoms with Gasteiger partial charge in [-0.15, -0.1) is 0 Å². The van der Waals surface area contributed by atoms with Crippen molar-refractivity contribution in [3.63, 3.8) is 0 Å². The van der Waals surface area contributed by atoms with Crippen LogP contribution in [0.15, 0.2) is 0 Å². The van der Waals surface area contributed by atoms with Crippen molar-refractivity contribution in [2.45, 2.75) is 44.9 Å². The summed E-state index contributed by atoms with van der Waals surface area (Å²) in [5.41, 5.74) is 0. The van der Waals surface area contributed by atoms with E-state index in [1.807, 2.05) is 0 Å². The standard InChI is InChI=1S/C11H18/c1-2-8(3-1)9-4-5-10-7-11(10)6-9/h8-11H,1-7H2. The topological polar surface area (TPSA) is 0 Å². The molecule has 0 aromatic carbocycles. The first kappa shape index (κ1) is 6.51. The highest BCUT2D eigenvalue weighted by Crippen LogP contribution is 2.55. The summed E-state index contributed by atoms with van der Waals surface area (Å²) < 4.78 is 0. The van der Waals surface area contributed by atoms with Crippen LogP contribution in [0.1, 0.15) is 44.9 Å². The fourth-order valence-electron chi connectivity index (χ4n) is 3.23. The van der Waals surface area contributed by atoms with Gasteiger partial charge in [0, 0.05) is 0 Å². The van der Waals surface area contributed by atoms with Crippen molar-refractivity contribution >= 4 is 0 Å². The van der Waals surface area contributed by atoms with Gasteiger partial charge in [-0.3, -0.25) is 0 Å². The van der Waals surface area contributed by atoms with Crippen molar-refractivity contribution in [2.75, 3.05) is 0 Å². The van der Waals surface area contributed by atoms with Gasteiger partial charge in [0.25, 0.3) is 0 Å². The minimum absolute atomic E-state index is 1.17. The van der Waals surface area contributed by atoms with E-state index in [1.165, 1.54) is 30.1 Å². The van der Waals surface area contributed by atoms with Crippen molar-refractivity contribution < 1.29 is 0 Å². The quantitative estimate of drug-likeness (QED) is 0.538. The third-order valence-electron chi connectivity index (χ3n) is 4.40. The van der Waals surface area contributed by atoms with Gasteiger partial charge in [0.1, 0.15) is 0 Å². The summed E-state index contributed by atoms with van der Waals surface area (Å²) in [6, 6.07) is 0. The highest BCUT2D eigenvalue weighted by atomic mass is 14.5. The SMILES string of the molecule is C1CC(C2CCC3CC3C2)C1. The minimum atomic E-state index is 1.17. The molecule has 3 aliphatic rings. The molecule has 0 nitrogen and oxygen atoms in total. The van der Waals surface area contributed by atoms with Crippen LogP contribution >= 0.6 is 0 Å². The number of hydrogen-bond donors (Lipinski definition) is 0. The third-order valence-corrected chi connectivity index (χ3v) is 4.40. The molecule has 0 spiro atoms. The first-order valence-corrected chi connectivity index (χ1v) is 5.43. The van der Waals surface area contributed by atoms with E-state index in [1.54, 1.807) is 38.5 Å². The lowest BCUT2D eigenvalue weighted by molar-refractivity contribution is 0.157. The molecule has 3 atom stereocenters. The summed E-state index contributed by atoms with van der Waals surface area (Å²) >= 11 is 0. The van der Waals surface area contributed by atoms with Crippen LogP contribution < -0.4 is 0 Å². The Balaban J connectivity index is 1.60. The van der Waals surface area contributed by atoms with Crippen molar-refractivity contribution in [3.8, 4) is 0 Å². The van der Waals surface area contributed by atoms with E-state index in [0.717, 1.165) is 0 Å². The van der Waals surface area contributed by atoms with Crippen LogP contribution in [-0.2, 0) is 0 Å². The van der Waals surface area contributed by atoms with E-state index in [-0.39, 0.29) is 0 Å². The van der Waals surface area contributed by atoms with E-state index < -0.39 is 0 Å². The lowest BCUT2D eigenvalue weighted by Gasteiger charge is -2.35. The average Bonchev–Trinajstić information content (AvgIpc) is 2.60. The molecular weight excluding hydrogens is 132 g/mol. The molecule has 0 aliphatic heterocycles. The molecular formula is C11H18. The number of fused-ring (bicyclic) bond motifs is 1. The van der Waals surface area contributed by atoms with Gasteiger partial charge in [0.05, 0.1) is 0 Å². The fourth-order valence-corrected chi connectivity index (χ4v) is 3.23. The van der Waals surface area contributed by atoms with E-state index in [2.05, 4.69) is 0 Å². The molecule has 3 aliphatic carbocycles. The molecule has 3 unspecified atom stereocenters. The molecule has 0 heteroatoms. The monoisotopic (exact) mass is 150 g/mol. The molecule has 62 valence electrons. The molecule has 3 fully saturated rings. The molecule has 0 heterocycles. The predicted octanol–water partition coefficient (Wildman–Crippen LogP) is 3.22. The smallest absolute Gasteiger partial charge is 0.0380 e. The first-order valence-electron chi connectivity index (χ1n) is 5.43. The lowest BCUT2D eigenvalue weighted by Crippen LogP contribution is -2.24. The molecule has 3 rings (SSSR count). The summed E-state index contributed by atoms with van der Waals surface area (Å²) in [7, 11) is 0. The summed E-state index contributed by atoms with van der Waals surface area (Å²) in [6.45, 7) is 0. The Morgan fingerprint density at radius 2 is 1.18 bits per heavy atom. The van der Waals surface area contributed by atoms with Gasteiger partial charge in [-0.25, -0.2) is 0 Å². The van der Waals surface area contributed by atoms with Gasteiger partial charge < -0.3 is 0 Å². The predicted molar refractivity (Wildman–Crippen MR) is 46.3 cm³/mol. The summed E-state index contributed by atoms with van der Waals surface area (Å²) in [5, 5.41) is 0. The van der Waals surface area contributed by atoms with Gasteiger partial charge in [0.15, 0.2) is 0 Å². The Labute approximate surface area is 69.4 Å². The molecule has 0 radical (unpaired) electrons. The van der Waals surface area contributed by atoms with E-state index in [9.17, 15) is 0 Å². The maximum atomic E-state index is 1.62. The second-order valence-corrected chi connectivity index (χ2v) is 5.02. The molecule has 0 aromatic heterocycles. The summed E-state index contributed by atoms with van der Waals surface area (Å²) in [6.07, 6.45) is 11.1. The highest BCUT2D eigenvalue weighted by molar-refractivity contribution is 4.94. The molecule has 3 saturated carbocycles. The minimum Gasteiger partial charge on any atom is -0.0528 e. The summed E-state index contributed by atoms with van der Waals surface area (Å²) in [5.74, 6) is 4.75. The largest absolute Gasteiger partial charge is 0.0528 e. The summed E-state index contributed by atoms with van der Waals surface area (Å²) in [4.78, 5) is 0. The lowest BCUT2D eigenvalue weighted by atomic mass is 9.70. The second kappa shape index (κ2) is 2.24. The van der Waals surface area contributed by atoms with Crippen molar-refractivity contribution in [3.05, 3.63) is 0 Å². The van der Waals surface area contributed by atoms with Crippen LogP contribution in [0.2, 0.25) is 0 Å². The van der Waals surface area contributed by atoms with Crippen molar-refractivity contribution in [1.29, 1.82) is 0 Å². The number of hydrogen-bond acceptors (Lipinski definition) is 0. The van der Waals surface area contributed by atoms with Gasteiger partial charge in [-0.05, 0) is 49.4 Å². The van der Waals surface area contributed by atoms with E-state index in [0.29, 0.717) is 0 Å². The third kappa shape index (κ3) is 1.02. The van der Waals surface area contributed by atoms with Crippen LogP contribution in [0, 0.1) is 23.7 Å². The molecule has 0 N–H and O–H groups in total. The normalized spacial score (nSPS) is 49.6. The van der Waals surface area contributed by atoms with Gasteiger partial charge in [-0.2, -0.15) is 0 Å². The van der Waals surface area contributed by atoms with Crippen LogP contribution in [0.3, 0.4) is 0 Å². The Bertz CT molecular complexity index is 157. The first-order chi connectivity index (χ1) is 5.43. The fraction of sp³-hybridized carbons (Fsp3) is 1.00. The zero-order valence-electron chi connectivity index (χ0n) is 7.26. The highest BCUT2D eigenvalue weighted by Gasteiger charge is 2.44. The molecule has 0 bridgehead atoms. The Hall–Kier alpha value is 0. The van der Waals surface area contributed by atoms with E-state index in [4.69, 9.17) is 0 Å². The maximum Gasteiger partial charge on any atom is -0.0380 e. The van der Waals surface area contributed by atoms with Crippen molar-refractivity contribution in [2.24, 2.45) is 23.7 Å². The Morgan fingerprint density at radius 3 is 1.64 bits per heavy atom. The molecule has 0 amide bonds. The van der Waals surface area contributed by atoms with Crippen LogP contribution in [-0.4, -0.2) is 0 Å². The Kier molecular flexibility index (Phi) is 1.33. The number of rotatable bonds is 1.